The van der Waals surface area contributed by atoms with Gasteiger partial charge in [-0.25, -0.2) is 8.42 Å². The van der Waals surface area contributed by atoms with E-state index in [-0.39, 0.29) is 17.7 Å². The lowest BCUT2D eigenvalue weighted by Crippen LogP contribution is -2.31. The third kappa shape index (κ3) is 3.43. The standard InChI is InChI=1S/C18H20N2O3S/c1-20-12-11-17(18(20)21)19-16-10-6-5-7-14(16)13-24(22,23)15-8-3-2-4-9-15/h2-10,17,19H,11-13H2,1H3. The molecule has 3 rings (SSSR count). The topological polar surface area (TPSA) is 66.5 Å². The normalized spacial score (nSPS) is 18.0. The molecule has 2 aromatic rings. The maximum atomic E-state index is 12.6. The van der Waals surface area contributed by atoms with Crippen molar-refractivity contribution in [1.82, 2.24) is 4.90 Å². The first-order valence-electron chi connectivity index (χ1n) is 7.84. The molecular weight excluding hydrogens is 324 g/mol. The number of nitrogens with zero attached hydrogens (tertiary/aromatic N) is 1. The van der Waals surface area contributed by atoms with Gasteiger partial charge in [-0.15, -0.1) is 0 Å². The van der Waals surface area contributed by atoms with E-state index in [1.807, 2.05) is 18.2 Å². The smallest absolute Gasteiger partial charge is 0.244 e. The SMILES string of the molecule is CN1CCC(Nc2ccccc2CS(=O)(=O)c2ccccc2)C1=O. The lowest BCUT2D eigenvalue weighted by Gasteiger charge is -2.17. The van der Waals surface area contributed by atoms with Gasteiger partial charge in [-0.1, -0.05) is 36.4 Å². The zero-order chi connectivity index (χ0) is 17.2. The Bertz CT molecular complexity index is 834. The molecule has 1 atom stereocenters. The summed E-state index contributed by atoms with van der Waals surface area (Å²) in [5.74, 6) is -0.0626. The second-order valence-electron chi connectivity index (χ2n) is 5.97. The molecule has 2 aromatic carbocycles. The first kappa shape index (κ1) is 16.5. The maximum Gasteiger partial charge on any atom is 0.244 e. The largest absolute Gasteiger partial charge is 0.373 e. The van der Waals surface area contributed by atoms with Crippen LogP contribution in [0.4, 0.5) is 5.69 Å². The predicted molar refractivity (Wildman–Crippen MR) is 93.4 cm³/mol. The number of amides is 1. The van der Waals surface area contributed by atoms with Crippen LogP contribution in [0.1, 0.15) is 12.0 Å². The summed E-state index contributed by atoms with van der Waals surface area (Å²) < 4.78 is 25.2. The number of rotatable bonds is 5. The van der Waals surface area contributed by atoms with Gasteiger partial charge in [-0.2, -0.15) is 0 Å². The van der Waals surface area contributed by atoms with Gasteiger partial charge in [0.05, 0.1) is 10.6 Å². The maximum absolute atomic E-state index is 12.6. The summed E-state index contributed by atoms with van der Waals surface area (Å²) in [7, 11) is -1.66. The highest BCUT2D eigenvalue weighted by Crippen LogP contribution is 2.24. The van der Waals surface area contributed by atoms with Crippen LogP contribution in [0, 0.1) is 0 Å². The second kappa shape index (κ2) is 6.65. The van der Waals surface area contributed by atoms with E-state index < -0.39 is 9.84 Å². The molecule has 1 saturated heterocycles. The fraction of sp³-hybridized carbons (Fsp3) is 0.278. The molecule has 5 nitrogen and oxygen atoms in total. The summed E-state index contributed by atoms with van der Waals surface area (Å²) in [6.45, 7) is 0.709. The van der Waals surface area contributed by atoms with Crippen molar-refractivity contribution < 1.29 is 13.2 Å². The third-order valence-corrected chi connectivity index (χ3v) is 5.90. The van der Waals surface area contributed by atoms with E-state index in [9.17, 15) is 13.2 Å². The number of benzene rings is 2. The van der Waals surface area contributed by atoms with Crippen LogP contribution in [-0.2, 0) is 20.4 Å². The van der Waals surface area contributed by atoms with Gasteiger partial charge in [0.25, 0.3) is 0 Å². The highest BCUT2D eigenvalue weighted by molar-refractivity contribution is 7.90. The van der Waals surface area contributed by atoms with E-state index in [2.05, 4.69) is 5.32 Å². The molecule has 1 N–H and O–H groups in total. The van der Waals surface area contributed by atoms with Crippen LogP contribution < -0.4 is 5.32 Å². The average Bonchev–Trinajstić information content (AvgIpc) is 2.89. The minimum atomic E-state index is -3.43. The Labute approximate surface area is 142 Å². The highest BCUT2D eigenvalue weighted by Gasteiger charge is 2.29. The number of hydrogen-bond acceptors (Lipinski definition) is 4. The Morgan fingerprint density at radius 2 is 1.75 bits per heavy atom. The van der Waals surface area contributed by atoms with Crippen LogP contribution >= 0.6 is 0 Å². The minimum Gasteiger partial charge on any atom is -0.373 e. The zero-order valence-electron chi connectivity index (χ0n) is 13.5. The Morgan fingerprint density at radius 3 is 2.42 bits per heavy atom. The molecule has 1 aliphatic heterocycles. The second-order valence-corrected chi connectivity index (χ2v) is 7.96. The molecule has 1 unspecified atom stereocenters. The summed E-state index contributed by atoms with van der Waals surface area (Å²) in [6.07, 6.45) is 0.717. The van der Waals surface area contributed by atoms with Crippen molar-refractivity contribution in [3.8, 4) is 0 Å². The van der Waals surface area contributed by atoms with Crippen LogP contribution in [0.3, 0.4) is 0 Å². The number of sulfone groups is 1. The minimum absolute atomic E-state index is 0.0377. The van der Waals surface area contributed by atoms with E-state index in [0.717, 1.165) is 6.42 Å². The Hall–Kier alpha value is -2.34. The summed E-state index contributed by atoms with van der Waals surface area (Å²) in [5.41, 5.74) is 1.37. The molecular formula is C18H20N2O3S. The van der Waals surface area contributed by atoms with Crippen LogP contribution in [0.5, 0.6) is 0 Å². The quantitative estimate of drug-likeness (QED) is 0.904. The molecule has 126 valence electrons. The first-order valence-corrected chi connectivity index (χ1v) is 9.50. The lowest BCUT2D eigenvalue weighted by atomic mass is 10.1. The van der Waals surface area contributed by atoms with Gasteiger partial charge in [0.1, 0.15) is 6.04 Å². The molecule has 6 heteroatoms. The van der Waals surface area contributed by atoms with Gasteiger partial charge in [0.2, 0.25) is 5.91 Å². The fourth-order valence-electron chi connectivity index (χ4n) is 2.85. The molecule has 1 amide bonds. The van der Waals surface area contributed by atoms with E-state index in [1.54, 1.807) is 48.3 Å². The van der Waals surface area contributed by atoms with Crippen LogP contribution in [0.2, 0.25) is 0 Å². The molecule has 0 radical (unpaired) electrons. The zero-order valence-corrected chi connectivity index (χ0v) is 14.3. The number of likely N-dealkylation sites (tertiary alicyclic amines) is 1. The van der Waals surface area contributed by atoms with Crippen LogP contribution in [-0.4, -0.2) is 38.9 Å². The summed E-state index contributed by atoms with van der Waals surface area (Å²) in [5, 5.41) is 3.21. The van der Waals surface area contributed by atoms with Gasteiger partial charge >= 0.3 is 0 Å². The molecule has 0 spiro atoms. The molecule has 0 aromatic heterocycles. The number of anilines is 1. The highest BCUT2D eigenvalue weighted by atomic mass is 32.2. The van der Waals surface area contributed by atoms with Gasteiger partial charge < -0.3 is 10.2 Å². The molecule has 0 aliphatic carbocycles. The predicted octanol–water partition coefficient (Wildman–Crippen LogP) is 2.30. The molecule has 0 saturated carbocycles. The average molecular weight is 344 g/mol. The lowest BCUT2D eigenvalue weighted by molar-refractivity contribution is -0.127. The molecule has 1 aliphatic rings. The molecule has 24 heavy (non-hydrogen) atoms. The number of nitrogens with one attached hydrogen (secondary N) is 1. The van der Waals surface area contributed by atoms with Crippen molar-refractivity contribution in [2.45, 2.75) is 23.1 Å². The van der Waals surface area contributed by atoms with Crippen molar-refractivity contribution in [2.24, 2.45) is 0 Å². The van der Waals surface area contributed by atoms with Crippen molar-refractivity contribution in [3.63, 3.8) is 0 Å². The van der Waals surface area contributed by atoms with Crippen LogP contribution in [0.25, 0.3) is 0 Å². The molecule has 1 heterocycles. The third-order valence-electron chi connectivity index (χ3n) is 4.22. The van der Waals surface area contributed by atoms with E-state index in [0.29, 0.717) is 22.7 Å². The first-order chi connectivity index (χ1) is 11.5. The molecule has 1 fully saturated rings. The number of likely N-dealkylation sites (N-methyl/N-ethyl adjacent to an activating group) is 1. The summed E-state index contributed by atoms with van der Waals surface area (Å²) >= 11 is 0. The van der Waals surface area contributed by atoms with Gasteiger partial charge in [0.15, 0.2) is 9.84 Å². The number of carbonyl (C=O) groups is 1. The Kier molecular flexibility index (Phi) is 4.57. The Morgan fingerprint density at radius 1 is 1.08 bits per heavy atom. The van der Waals surface area contributed by atoms with Gasteiger partial charge in [0, 0.05) is 19.3 Å². The van der Waals surface area contributed by atoms with Gasteiger partial charge in [-0.3, -0.25) is 4.79 Å². The number of hydrogen-bond donors (Lipinski definition) is 1. The monoisotopic (exact) mass is 344 g/mol. The van der Waals surface area contributed by atoms with E-state index in [1.165, 1.54) is 0 Å². The van der Waals surface area contributed by atoms with Crippen molar-refractivity contribution in [3.05, 3.63) is 60.2 Å². The van der Waals surface area contributed by atoms with Crippen molar-refractivity contribution >= 4 is 21.4 Å². The summed E-state index contributed by atoms with van der Waals surface area (Å²) in [6, 6.07) is 15.4. The van der Waals surface area contributed by atoms with E-state index >= 15 is 0 Å². The van der Waals surface area contributed by atoms with Gasteiger partial charge in [-0.05, 0) is 30.2 Å². The summed E-state index contributed by atoms with van der Waals surface area (Å²) in [4.78, 5) is 14.1. The number of para-hydroxylation sites is 1. The van der Waals surface area contributed by atoms with Crippen molar-refractivity contribution in [1.29, 1.82) is 0 Å². The van der Waals surface area contributed by atoms with Crippen LogP contribution in [0.15, 0.2) is 59.5 Å². The fourth-order valence-corrected chi connectivity index (χ4v) is 4.25. The Balaban J connectivity index is 1.84. The van der Waals surface area contributed by atoms with E-state index in [4.69, 9.17) is 0 Å². The number of carbonyl (C=O) groups excluding carboxylic acids is 1. The molecule has 0 bridgehead atoms. The van der Waals surface area contributed by atoms with Crippen molar-refractivity contribution in [2.75, 3.05) is 18.9 Å².